The van der Waals surface area contributed by atoms with E-state index in [9.17, 15) is 9.90 Å². The van der Waals surface area contributed by atoms with Crippen LogP contribution >= 0.6 is 23.4 Å². The van der Waals surface area contributed by atoms with Gasteiger partial charge in [-0.05, 0) is 19.1 Å². The first kappa shape index (κ1) is 15.1. The third kappa shape index (κ3) is 3.54. The van der Waals surface area contributed by atoms with Crippen LogP contribution < -0.4 is 5.73 Å². The summed E-state index contributed by atoms with van der Waals surface area (Å²) in [6.45, 7) is 3.53. The summed E-state index contributed by atoms with van der Waals surface area (Å²) in [6.07, 6.45) is -0.519. The minimum absolute atomic E-state index is 0.102. The van der Waals surface area contributed by atoms with Gasteiger partial charge >= 0.3 is 5.97 Å². The van der Waals surface area contributed by atoms with Crippen molar-refractivity contribution < 1.29 is 14.6 Å². The van der Waals surface area contributed by atoms with Gasteiger partial charge in [-0.15, -0.1) is 11.8 Å². The molecule has 0 radical (unpaired) electrons. The number of rotatable bonds is 4. The Morgan fingerprint density at radius 3 is 2.61 bits per heavy atom. The van der Waals surface area contributed by atoms with E-state index in [1.807, 2.05) is 6.92 Å². The molecule has 2 unspecified atom stereocenters. The Kier molecular flexibility index (Phi) is 5.31. The van der Waals surface area contributed by atoms with Crippen LogP contribution in [0.5, 0.6) is 0 Å². The first-order valence-corrected chi connectivity index (χ1v) is 6.64. The summed E-state index contributed by atoms with van der Waals surface area (Å²) in [5.41, 5.74) is 6.38. The first-order valence-electron chi connectivity index (χ1n) is 5.38. The molecule has 100 valence electrons. The van der Waals surface area contributed by atoms with Crippen LogP contribution in [0.25, 0.3) is 0 Å². The Labute approximate surface area is 115 Å². The number of esters is 1. The van der Waals surface area contributed by atoms with E-state index in [0.717, 1.165) is 0 Å². The number of thioether (sulfide) groups is 1. The minimum atomic E-state index is -0.519. The molecule has 1 aromatic rings. The third-order valence-corrected chi connectivity index (χ3v) is 4.31. The smallest absolute Gasteiger partial charge is 0.339 e. The number of nitrogen functional groups attached to an aromatic ring is 1. The summed E-state index contributed by atoms with van der Waals surface area (Å²) in [7, 11) is 1.30. The number of carbonyl (C=O) groups is 1. The number of hydrogen-bond donors (Lipinski definition) is 2. The standard InChI is InChI=1S/C12H16ClNO3S/c1-6(15)7(2)18-11-9(12(16)17-3)4-8(14)5-10(11)13/h4-7,15H,14H2,1-3H3. The molecule has 0 bridgehead atoms. The molecule has 18 heavy (non-hydrogen) atoms. The molecule has 0 saturated carbocycles. The van der Waals surface area contributed by atoms with Gasteiger partial charge in [-0.3, -0.25) is 0 Å². The zero-order valence-electron chi connectivity index (χ0n) is 10.4. The number of benzene rings is 1. The highest BCUT2D eigenvalue weighted by molar-refractivity contribution is 8.00. The number of anilines is 1. The number of ether oxygens (including phenoxy) is 1. The molecule has 1 rings (SSSR count). The highest BCUT2D eigenvalue weighted by atomic mass is 35.5. The van der Waals surface area contributed by atoms with Crippen molar-refractivity contribution in [3.63, 3.8) is 0 Å². The van der Waals surface area contributed by atoms with Crippen molar-refractivity contribution in [3.05, 3.63) is 22.7 Å². The topological polar surface area (TPSA) is 72.5 Å². The monoisotopic (exact) mass is 289 g/mol. The lowest BCUT2D eigenvalue weighted by Crippen LogP contribution is -2.16. The van der Waals surface area contributed by atoms with Crippen molar-refractivity contribution in [1.29, 1.82) is 0 Å². The summed E-state index contributed by atoms with van der Waals surface area (Å²) < 4.78 is 4.70. The molecular formula is C12H16ClNO3S. The van der Waals surface area contributed by atoms with E-state index in [0.29, 0.717) is 21.2 Å². The molecule has 0 aliphatic carbocycles. The lowest BCUT2D eigenvalue weighted by molar-refractivity contribution is 0.0596. The second kappa shape index (κ2) is 6.31. The SMILES string of the molecule is COC(=O)c1cc(N)cc(Cl)c1SC(C)C(C)O. The Morgan fingerprint density at radius 1 is 1.50 bits per heavy atom. The molecule has 6 heteroatoms. The lowest BCUT2D eigenvalue weighted by Gasteiger charge is -2.17. The molecule has 0 spiro atoms. The van der Waals surface area contributed by atoms with E-state index in [1.54, 1.807) is 13.0 Å². The molecule has 0 fully saturated rings. The maximum absolute atomic E-state index is 11.7. The van der Waals surface area contributed by atoms with Crippen LogP contribution in [0.2, 0.25) is 5.02 Å². The largest absolute Gasteiger partial charge is 0.465 e. The average Bonchev–Trinajstić information content (AvgIpc) is 2.30. The van der Waals surface area contributed by atoms with Crippen molar-refractivity contribution in [2.45, 2.75) is 30.1 Å². The fourth-order valence-corrected chi connectivity index (χ4v) is 2.65. The maximum Gasteiger partial charge on any atom is 0.339 e. The fourth-order valence-electron chi connectivity index (χ4n) is 1.28. The average molecular weight is 290 g/mol. The summed E-state index contributed by atoms with van der Waals surface area (Å²) in [5, 5.41) is 9.79. The van der Waals surface area contributed by atoms with E-state index in [-0.39, 0.29) is 5.25 Å². The van der Waals surface area contributed by atoms with Gasteiger partial charge in [0.25, 0.3) is 0 Å². The van der Waals surface area contributed by atoms with Crippen molar-refractivity contribution in [3.8, 4) is 0 Å². The molecule has 3 N–H and O–H groups in total. The zero-order chi connectivity index (χ0) is 13.9. The highest BCUT2D eigenvalue weighted by Crippen LogP contribution is 2.36. The summed E-state index contributed by atoms with van der Waals surface area (Å²) in [5.74, 6) is -0.496. The maximum atomic E-state index is 11.7. The number of methoxy groups -OCH3 is 1. The lowest BCUT2D eigenvalue weighted by atomic mass is 10.2. The van der Waals surface area contributed by atoms with E-state index in [1.165, 1.54) is 24.9 Å². The number of halogens is 1. The quantitative estimate of drug-likeness (QED) is 0.506. The molecular weight excluding hydrogens is 274 g/mol. The molecule has 0 saturated heterocycles. The van der Waals surface area contributed by atoms with E-state index < -0.39 is 12.1 Å². The Bertz CT molecular complexity index is 451. The molecule has 0 heterocycles. The number of aliphatic hydroxyl groups is 1. The molecule has 4 nitrogen and oxygen atoms in total. The van der Waals surface area contributed by atoms with E-state index >= 15 is 0 Å². The molecule has 1 aromatic carbocycles. The van der Waals surface area contributed by atoms with Crippen LogP contribution in [0, 0.1) is 0 Å². The highest BCUT2D eigenvalue weighted by Gasteiger charge is 2.20. The molecule has 0 amide bonds. The number of nitrogens with two attached hydrogens (primary N) is 1. The van der Waals surface area contributed by atoms with E-state index in [2.05, 4.69) is 0 Å². The molecule has 0 aromatic heterocycles. The van der Waals surface area contributed by atoms with Crippen molar-refractivity contribution in [1.82, 2.24) is 0 Å². The van der Waals surface area contributed by atoms with Crippen LogP contribution in [0.1, 0.15) is 24.2 Å². The predicted molar refractivity (Wildman–Crippen MR) is 74.2 cm³/mol. The predicted octanol–water partition coefficient (Wildman–Crippen LogP) is 2.57. The number of hydrogen-bond acceptors (Lipinski definition) is 5. The second-order valence-electron chi connectivity index (χ2n) is 3.93. The summed E-state index contributed by atoms with van der Waals surface area (Å²) >= 11 is 7.41. The van der Waals surface area contributed by atoms with Crippen LogP contribution in [0.4, 0.5) is 5.69 Å². The van der Waals surface area contributed by atoms with Crippen LogP contribution in [-0.2, 0) is 4.74 Å². The Balaban J connectivity index is 3.19. The minimum Gasteiger partial charge on any atom is -0.465 e. The summed E-state index contributed by atoms with van der Waals surface area (Å²) in [4.78, 5) is 12.3. The zero-order valence-corrected chi connectivity index (χ0v) is 12.0. The summed E-state index contributed by atoms with van der Waals surface area (Å²) in [6, 6.07) is 3.10. The van der Waals surface area contributed by atoms with Crippen molar-refractivity contribution in [2.24, 2.45) is 0 Å². The number of aliphatic hydroxyl groups excluding tert-OH is 1. The molecule has 0 aliphatic heterocycles. The van der Waals surface area contributed by atoms with Crippen LogP contribution in [0.15, 0.2) is 17.0 Å². The third-order valence-electron chi connectivity index (χ3n) is 2.45. The van der Waals surface area contributed by atoms with Gasteiger partial charge in [-0.1, -0.05) is 18.5 Å². The van der Waals surface area contributed by atoms with Gasteiger partial charge in [-0.25, -0.2) is 4.79 Å². The van der Waals surface area contributed by atoms with E-state index in [4.69, 9.17) is 22.1 Å². The number of carbonyl (C=O) groups excluding carboxylic acids is 1. The van der Waals surface area contributed by atoms with Crippen LogP contribution in [-0.4, -0.2) is 29.5 Å². The van der Waals surface area contributed by atoms with Crippen molar-refractivity contribution >= 4 is 35.0 Å². The normalized spacial score (nSPS) is 14.1. The molecule has 2 atom stereocenters. The van der Waals surface area contributed by atoms with Gasteiger partial charge in [0, 0.05) is 15.8 Å². The van der Waals surface area contributed by atoms with Crippen molar-refractivity contribution in [2.75, 3.05) is 12.8 Å². The van der Waals surface area contributed by atoms with Gasteiger partial charge in [0.15, 0.2) is 0 Å². The Hall–Kier alpha value is -0.910. The Morgan fingerprint density at radius 2 is 2.11 bits per heavy atom. The van der Waals surface area contributed by atoms with Gasteiger partial charge in [-0.2, -0.15) is 0 Å². The van der Waals surface area contributed by atoms with Gasteiger partial charge in [0.05, 0.1) is 23.8 Å². The first-order chi connectivity index (χ1) is 8.36. The van der Waals surface area contributed by atoms with Gasteiger partial charge < -0.3 is 15.6 Å². The van der Waals surface area contributed by atoms with Gasteiger partial charge in [0.1, 0.15) is 0 Å². The second-order valence-corrected chi connectivity index (χ2v) is 5.73. The van der Waals surface area contributed by atoms with Gasteiger partial charge in [0.2, 0.25) is 0 Å². The van der Waals surface area contributed by atoms with Crippen LogP contribution in [0.3, 0.4) is 0 Å². The fraction of sp³-hybridized carbons (Fsp3) is 0.417. The molecule has 0 aliphatic rings.